The molecule has 0 bridgehead atoms. The number of benzene rings is 1. The van der Waals surface area contributed by atoms with Crippen LogP contribution in [0.25, 0.3) is 0 Å². The highest BCUT2D eigenvalue weighted by Crippen LogP contribution is 2.42. The van der Waals surface area contributed by atoms with E-state index >= 15 is 4.39 Å². The molecule has 2 amide bonds. The average molecular weight is 429 g/mol. The zero-order valence-corrected chi connectivity index (χ0v) is 17.4. The summed E-state index contributed by atoms with van der Waals surface area (Å²) in [7, 11) is -4.28. The highest BCUT2D eigenvalue weighted by atomic mass is 32.2. The normalized spacial score (nSPS) is 23.3. The molecular formula is C18H24FN3O6S. The first-order valence-electron chi connectivity index (χ1n) is 9.15. The Balaban J connectivity index is 1.94. The Bertz CT molecular complexity index is 973. The molecule has 9 nitrogen and oxygen atoms in total. The van der Waals surface area contributed by atoms with Crippen molar-refractivity contribution in [2.45, 2.75) is 58.1 Å². The topological polar surface area (TPSA) is 125 Å². The van der Waals surface area contributed by atoms with Crippen molar-refractivity contribution < 1.29 is 32.2 Å². The van der Waals surface area contributed by atoms with Crippen LogP contribution >= 0.6 is 0 Å². The maximum atomic E-state index is 15.3. The fourth-order valence-corrected chi connectivity index (χ4v) is 4.85. The first-order chi connectivity index (χ1) is 13.3. The van der Waals surface area contributed by atoms with Gasteiger partial charge in [0.05, 0.1) is 0 Å². The van der Waals surface area contributed by atoms with Crippen LogP contribution in [0.4, 0.5) is 14.9 Å². The Labute approximate surface area is 168 Å². The number of hydrogen-bond acceptors (Lipinski definition) is 6. The minimum atomic E-state index is -4.28. The smallest absolute Gasteiger partial charge is 0.407 e. The van der Waals surface area contributed by atoms with E-state index in [2.05, 4.69) is 5.32 Å². The van der Waals surface area contributed by atoms with Gasteiger partial charge in [-0.2, -0.15) is 8.42 Å². The molecule has 1 aliphatic carbocycles. The molecule has 160 valence electrons. The van der Waals surface area contributed by atoms with Crippen LogP contribution in [0.5, 0.6) is 5.75 Å². The Morgan fingerprint density at radius 1 is 1.41 bits per heavy atom. The minimum Gasteiger partial charge on any atom is -0.506 e. The van der Waals surface area contributed by atoms with Gasteiger partial charge in [-0.05, 0) is 56.7 Å². The molecule has 0 spiro atoms. The number of fused-ring (bicyclic) bond motifs is 1. The van der Waals surface area contributed by atoms with Gasteiger partial charge in [0.15, 0.2) is 5.82 Å². The number of anilines is 1. The van der Waals surface area contributed by atoms with Gasteiger partial charge < -0.3 is 15.2 Å². The van der Waals surface area contributed by atoms with Gasteiger partial charge in [-0.3, -0.25) is 4.79 Å². The third kappa shape index (κ3) is 4.24. The molecule has 3 rings (SSSR count). The van der Waals surface area contributed by atoms with Gasteiger partial charge in [-0.25, -0.2) is 18.2 Å². The second-order valence-electron chi connectivity index (χ2n) is 8.35. The monoisotopic (exact) mass is 429 g/mol. The quantitative estimate of drug-likeness (QED) is 0.657. The van der Waals surface area contributed by atoms with Crippen molar-refractivity contribution in [2.75, 3.05) is 10.8 Å². The van der Waals surface area contributed by atoms with Crippen molar-refractivity contribution in [1.82, 2.24) is 10.0 Å². The van der Waals surface area contributed by atoms with Gasteiger partial charge in [-0.15, -0.1) is 0 Å². The van der Waals surface area contributed by atoms with E-state index in [0.717, 1.165) is 0 Å². The summed E-state index contributed by atoms with van der Waals surface area (Å²) in [6, 6.07) is 0.884. The number of phenols is 1. The fraction of sp³-hybridized carbons (Fsp3) is 0.556. The molecular weight excluding hydrogens is 405 g/mol. The van der Waals surface area contributed by atoms with Crippen LogP contribution in [-0.2, 0) is 26.2 Å². The molecule has 1 aliphatic heterocycles. The number of carbonyl (C=O) groups is 2. The van der Waals surface area contributed by atoms with E-state index in [4.69, 9.17) is 4.74 Å². The summed E-state index contributed by atoms with van der Waals surface area (Å²) in [6.45, 7) is 6.38. The lowest BCUT2D eigenvalue weighted by Crippen LogP contribution is -2.42. The van der Waals surface area contributed by atoms with Crippen molar-refractivity contribution in [3.63, 3.8) is 0 Å². The number of carbonyl (C=O) groups excluding carboxylic acids is 2. The standard InChI is InChI=1S/C18H24FN3O6S/c1-9-5-10(20-17(25)28-18(2,3)4)6-12-11(9)7-13(23)16(15(12)19)22-8-14(24)21-29(22,26)27/h7,9-10,23H,5-6,8H2,1-4H3,(H,20,25)(H,21,24)/t9-,10-/m1/s1. The summed E-state index contributed by atoms with van der Waals surface area (Å²) in [4.78, 5) is 23.6. The maximum Gasteiger partial charge on any atom is 0.407 e. The number of nitrogens with one attached hydrogen (secondary N) is 2. The molecule has 1 saturated heterocycles. The molecule has 29 heavy (non-hydrogen) atoms. The first kappa shape index (κ1) is 21.2. The number of aromatic hydroxyl groups is 1. The highest BCUT2D eigenvalue weighted by molar-refractivity contribution is 7.92. The number of rotatable bonds is 2. The van der Waals surface area contributed by atoms with Gasteiger partial charge in [0.2, 0.25) is 0 Å². The summed E-state index contributed by atoms with van der Waals surface area (Å²) < 4.78 is 47.0. The summed E-state index contributed by atoms with van der Waals surface area (Å²) in [5.41, 5.74) is -0.544. The van der Waals surface area contributed by atoms with Crippen molar-refractivity contribution in [1.29, 1.82) is 0 Å². The fourth-order valence-electron chi connectivity index (χ4n) is 3.68. The average Bonchev–Trinajstić information content (AvgIpc) is 2.79. The molecule has 0 saturated carbocycles. The minimum absolute atomic E-state index is 0.0906. The molecule has 0 unspecified atom stereocenters. The number of phenolic OH excluding ortho intramolecular Hbond substituents is 1. The number of hydrogen-bond donors (Lipinski definition) is 3. The van der Waals surface area contributed by atoms with Gasteiger partial charge in [-0.1, -0.05) is 6.92 Å². The van der Waals surface area contributed by atoms with E-state index in [1.807, 2.05) is 6.92 Å². The Morgan fingerprint density at radius 2 is 2.07 bits per heavy atom. The van der Waals surface area contributed by atoms with Crippen molar-refractivity contribution in [3.8, 4) is 5.75 Å². The number of amides is 2. The lowest BCUT2D eigenvalue weighted by Gasteiger charge is -2.32. The van der Waals surface area contributed by atoms with E-state index in [1.165, 1.54) is 6.07 Å². The third-order valence-electron chi connectivity index (χ3n) is 4.77. The van der Waals surface area contributed by atoms with Crippen LogP contribution < -0.4 is 14.3 Å². The molecule has 0 radical (unpaired) electrons. The van der Waals surface area contributed by atoms with E-state index in [0.29, 0.717) is 16.3 Å². The van der Waals surface area contributed by atoms with Crippen LogP contribution in [0, 0.1) is 5.82 Å². The van der Waals surface area contributed by atoms with Gasteiger partial charge in [0.25, 0.3) is 5.91 Å². The van der Waals surface area contributed by atoms with E-state index in [-0.39, 0.29) is 17.9 Å². The summed E-state index contributed by atoms with van der Waals surface area (Å²) in [5.74, 6) is -2.52. The van der Waals surface area contributed by atoms with E-state index in [1.54, 1.807) is 25.5 Å². The third-order valence-corrected chi connectivity index (χ3v) is 6.14. The lowest BCUT2D eigenvalue weighted by molar-refractivity contribution is -0.117. The van der Waals surface area contributed by atoms with Crippen LogP contribution in [0.2, 0.25) is 0 Å². The molecule has 1 heterocycles. The molecule has 1 aromatic rings. The van der Waals surface area contributed by atoms with E-state index < -0.39 is 57.7 Å². The second-order valence-corrected chi connectivity index (χ2v) is 9.94. The zero-order valence-electron chi connectivity index (χ0n) is 16.6. The van der Waals surface area contributed by atoms with Gasteiger partial charge >= 0.3 is 16.3 Å². The molecule has 2 atom stereocenters. The van der Waals surface area contributed by atoms with E-state index in [9.17, 15) is 23.1 Å². The predicted octanol–water partition coefficient (Wildman–Crippen LogP) is 1.66. The second kappa shape index (κ2) is 7.05. The maximum absolute atomic E-state index is 15.3. The van der Waals surface area contributed by atoms with Crippen LogP contribution in [0.3, 0.4) is 0 Å². The van der Waals surface area contributed by atoms with Crippen LogP contribution in [-0.4, -0.2) is 43.7 Å². The summed E-state index contributed by atoms with van der Waals surface area (Å²) in [5, 5.41) is 13.0. The Morgan fingerprint density at radius 3 is 2.62 bits per heavy atom. The largest absolute Gasteiger partial charge is 0.506 e. The Hall–Kier alpha value is -2.56. The summed E-state index contributed by atoms with van der Waals surface area (Å²) >= 11 is 0. The SMILES string of the molecule is C[C@@H]1C[C@@H](NC(=O)OC(C)(C)C)Cc2c1cc(O)c(N1CC(=O)NS1(=O)=O)c2F. The number of ether oxygens (including phenoxy) is 1. The Kier molecular flexibility index (Phi) is 5.14. The summed E-state index contributed by atoms with van der Waals surface area (Å²) in [6.07, 6.45) is -0.0470. The van der Waals surface area contributed by atoms with Crippen LogP contribution in [0.15, 0.2) is 6.07 Å². The number of alkyl carbamates (subject to hydrolysis) is 1. The van der Waals surface area contributed by atoms with Crippen LogP contribution in [0.1, 0.15) is 51.2 Å². The number of nitrogens with zero attached hydrogens (tertiary/aromatic N) is 1. The molecule has 11 heteroatoms. The van der Waals surface area contributed by atoms with Gasteiger partial charge in [0.1, 0.15) is 23.6 Å². The zero-order chi connectivity index (χ0) is 21.7. The molecule has 2 aliphatic rings. The molecule has 0 aromatic heterocycles. The predicted molar refractivity (Wildman–Crippen MR) is 102 cm³/mol. The highest BCUT2D eigenvalue weighted by Gasteiger charge is 2.40. The molecule has 1 aromatic carbocycles. The van der Waals surface area contributed by atoms with Crippen molar-refractivity contribution in [3.05, 3.63) is 23.0 Å². The van der Waals surface area contributed by atoms with Gasteiger partial charge in [0, 0.05) is 6.04 Å². The number of halogens is 1. The lowest BCUT2D eigenvalue weighted by atomic mass is 9.80. The molecule has 1 fully saturated rings. The molecule has 3 N–H and O–H groups in total. The van der Waals surface area contributed by atoms with Crippen molar-refractivity contribution >= 4 is 27.9 Å². The van der Waals surface area contributed by atoms with Crippen molar-refractivity contribution in [2.24, 2.45) is 0 Å². The first-order valence-corrected chi connectivity index (χ1v) is 10.6.